The van der Waals surface area contributed by atoms with Crippen LogP contribution in [0.25, 0.3) is 6.08 Å². The summed E-state index contributed by atoms with van der Waals surface area (Å²) in [7, 11) is 2.18. The first-order chi connectivity index (χ1) is 9.24. The summed E-state index contributed by atoms with van der Waals surface area (Å²) >= 11 is 0. The number of rotatable bonds is 2. The summed E-state index contributed by atoms with van der Waals surface area (Å²) in [5.41, 5.74) is 1.08. The highest BCUT2D eigenvalue weighted by Crippen LogP contribution is 2.28. The standard InChI is InChI=1S/C16H20N2O/c1-17-14-8-9-15(17)12-18(11-14)16(19)10-7-13-5-3-2-4-6-13/h2-7,10,14-15H,8-9,11-12H2,1H3/b10-7+. The molecule has 0 aromatic heterocycles. The van der Waals surface area contributed by atoms with Crippen LogP contribution < -0.4 is 0 Å². The number of hydrogen-bond donors (Lipinski definition) is 0. The van der Waals surface area contributed by atoms with Crippen molar-refractivity contribution in [3.8, 4) is 0 Å². The molecule has 1 aromatic carbocycles. The lowest BCUT2D eigenvalue weighted by atomic mass is 10.2. The van der Waals surface area contributed by atoms with Crippen molar-refractivity contribution in [1.29, 1.82) is 0 Å². The van der Waals surface area contributed by atoms with E-state index in [2.05, 4.69) is 11.9 Å². The fraction of sp³-hybridized carbons (Fsp3) is 0.438. The number of likely N-dealkylation sites (N-methyl/N-ethyl adjacent to an activating group) is 1. The van der Waals surface area contributed by atoms with Gasteiger partial charge in [0.25, 0.3) is 0 Å². The van der Waals surface area contributed by atoms with Gasteiger partial charge < -0.3 is 4.90 Å². The zero-order valence-electron chi connectivity index (χ0n) is 11.3. The van der Waals surface area contributed by atoms with Crippen molar-refractivity contribution in [2.75, 3.05) is 20.1 Å². The second-order valence-electron chi connectivity index (χ2n) is 5.54. The van der Waals surface area contributed by atoms with Gasteiger partial charge in [0.1, 0.15) is 0 Å². The number of amides is 1. The molecular weight excluding hydrogens is 236 g/mol. The number of piperazine rings is 1. The molecule has 1 amide bonds. The van der Waals surface area contributed by atoms with Crippen LogP contribution >= 0.6 is 0 Å². The summed E-state index contributed by atoms with van der Waals surface area (Å²) in [6.45, 7) is 1.76. The lowest BCUT2D eigenvalue weighted by Crippen LogP contribution is -2.53. The molecule has 0 aliphatic carbocycles. The van der Waals surface area contributed by atoms with Crippen LogP contribution in [0.4, 0.5) is 0 Å². The zero-order chi connectivity index (χ0) is 13.2. The molecule has 2 aliphatic rings. The van der Waals surface area contributed by atoms with Gasteiger partial charge in [0.2, 0.25) is 5.91 Å². The average molecular weight is 256 g/mol. The first kappa shape index (κ1) is 12.4. The number of benzene rings is 1. The Bertz CT molecular complexity index is 469. The Labute approximate surface area is 114 Å². The van der Waals surface area contributed by atoms with Gasteiger partial charge in [-0.1, -0.05) is 30.3 Å². The second-order valence-corrected chi connectivity index (χ2v) is 5.54. The Balaban J connectivity index is 1.64. The third-order valence-corrected chi connectivity index (χ3v) is 4.38. The molecule has 0 spiro atoms. The number of nitrogens with zero attached hydrogens (tertiary/aromatic N) is 2. The van der Waals surface area contributed by atoms with Gasteiger partial charge in [-0.05, 0) is 31.5 Å². The monoisotopic (exact) mass is 256 g/mol. The Morgan fingerprint density at radius 1 is 1.16 bits per heavy atom. The highest BCUT2D eigenvalue weighted by atomic mass is 16.2. The molecule has 2 unspecified atom stereocenters. The van der Waals surface area contributed by atoms with Crippen molar-refractivity contribution in [3.05, 3.63) is 42.0 Å². The lowest BCUT2D eigenvalue weighted by Gasteiger charge is -2.38. The molecule has 2 aliphatic heterocycles. The topological polar surface area (TPSA) is 23.6 Å². The molecule has 3 heteroatoms. The van der Waals surface area contributed by atoms with E-state index in [1.165, 1.54) is 12.8 Å². The van der Waals surface area contributed by atoms with Crippen molar-refractivity contribution in [3.63, 3.8) is 0 Å². The van der Waals surface area contributed by atoms with Crippen LogP contribution in [0, 0.1) is 0 Å². The molecule has 19 heavy (non-hydrogen) atoms. The van der Waals surface area contributed by atoms with E-state index in [4.69, 9.17) is 0 Å². The molecule has 2 atom stereocenters. The minimum absolute atomic E-state index is 0.147. The molecule has 0 N–H and O–H groups in total. The Hall–Kier alpha value is -1.61. The maximum atomic E-state index is 12.2. The van der Waals surface area contributed by atoms with Gasteiger partial charge in [0.05, 0.1) is 0 Å². The fourth-order valence-electron chi connectivity index (χ4n) is 3.13. The lowest BCUT2D eigenvalue weighted by molar-refractivity contribution is -0.128. The van der Waals surface area contributed by atoms with E-state index >= 15 is 0 Å². The molecule has 0 radical (unpaired) electrons. The Morgan fingerprint density at radius 3 is 2.42 bits per heavy atom. The molecule has 2 saturated heterocycles. The van der Waals surface area contributed by atoms with Gasteiger partial charge in [-0.3, -0.25) is 9.69 Å². The van der Waals surface area contributed by atoms with Gasteiger partial charge >= 0.3 is 0 Å². The van der Waals surface area contributed by atoms with Gasteiger partial charge in [-0.15, -0.1) is 0 Å². The number of fused-ring (bicyclic) bond motifs is 2. The van der Waals surface area contributed by atoms with Crippen molar-refractivity contribution in [1.82, 2.24) is 9.80 Å². The predicted octanol–water partition coefficient (Wildman–Crippen LogP) is 2.00. The van der Waals surface area contributed by atoms with Crippen LogP contribution in [-0.4, -0.2) is 47.9 Å². The van der Waals surface area contributed by atoms with E-state index in [1.807, 2.05) is 41.3 Å². The average Bonchev–Trinajstić information content (AvgIpc) is 2.68. The second kappa shape index (κ2) is 5.17. The zero-order valence-corrected chi connectivity index (χ0v) is 11.3. The molecule has 2 fully saturated rings. The van der Waals surface area contributed by atoms with E-state index in [1.54, 1.807) is 6.08 Å². The maximum absolute atomic E-state index is 12.2. The smallest absolute Gasteiger partial charge is 0.246 e. The molecule has 100 valence electrons. The molecule has 0 saturated carbocycles. The normalized spacial score (nSPS) is 27.1. The number of likely N-dealkylation sites (tertiary alicyclic amines) is 1. The highest BCUT2D eigenvalue weighted by molar-refractivity contribution is 5.91. The summed E-state index contributed by atoms with van der Waals surface area (Å²) < 4.78 is 0. The third kappa shape index (κ3) is 2.56. The first-order valence-corrected chi connectivity index (χ1v) is 6.98. The summed E-state index contributed by atoms with van der Waals surface area (Å²) in [6.07, 6.45) is 6.07. The molecule has 3 rings (SSSR count). The van der Waals surface area contributed by atoms with Gasteiger partial charge in [-0.2, -0.15) is 0 Å². The summed E-state index contributed by atoms with van der Waals surface area (Å²) in [4.78, 5) is 16.7. The number of hydrogen-bond acceptors (Lipinski definition) is 2. The van der Waals surface area contributed by atoms with Crippen molar-refractivity contribution >= 4 is 12.0 Å². The van der Waals surface area contributed by atoms with Crippen LogP contribution in [0.3, 0.4) is 0 Å². The largest absolute Gasteiger partial charge is 0.336 e. The van der Waals surface area contributed by atoms with Crippen molar-refractivity contribution in [2.24, 2.45) is 0 Å². The summed E-state index contributed by atoms with van der Waals surface area (Å²) in [6, 6.07) is 11.1. The van der Waals surface area contributed by atoms with Gasteiger partial charge in [0, 0.05) is 31.2 Å². The Kier molecular flexibility index (Phi) is 3.38. The van der Waals surface area contributed by atoms with E-state index in [9.17, 15) is 4.79 Å². The van der Waals surface area contributed by atoms with Crippen LogP contribution in [0.15, 0.2) is 36.4 Å². The summed E-state index contributed by atoms with van der Waals surface area (Å²) in [5, 5.41) is 0. The molecule has 1 aromatic rings. The quantitative estimate of drug-likeness (QED) is 0.756. The van der Waals surface area contributed by atoms with E-state index in [-0.39, 0.29) is 5.91 Å². The fourth-order valence-corrected chi connectivity index (χ4v) is 3.13. The minimum Gasteiger partial charge on any atom is -0.336 e. The van der Waals surface area contributed by atoms with Crippen LogP contribution in [0.1, 0.15) is 18.4 Å². The predicted molar refractivity (Wildman–Crippen MR) is 76.6 cm³/mol. The third-order valence-electron chi connectivity index (χ3n) is 4.38. The molecule has 2 bridgehead atoms. The number of carbonyl (C=O) groups excluding carboxylic acids is 1. The van der Waals surface area contributed by atoms with Crippen LogP contribution in [-0.2, 0) is 4.79 Å². The van der Waals surface area contributed by atoms with E-state index in [0.29, 0.717) is 12.1 Å². The van der Waals surface area contributed by atoms with E-state index in [0.717, 1.165) is 18.7 Å². The molecule has 2 heterocycles. The van der Waals surface area contributed by atoms with Crippen LogP contribution in [0.2, 0.25) is 0 Å². The number of carbonyl (C=O) groups is 1. The van der Waals surface area contributed by atoms with Gasteiger partial charge in [0.15, 0.2) is 0 Å². The SMILES string of the molecule is CN1C2CCC1CN(C(=O)/C=C/c1ccccc1)C2. The highest BCUT2D eigenvalue weighted by Gasteiger charge is 2.38. The first-order valence-electron chi connectivity index (χ1n) is 6.98. The Morgan fingerprint density at radius 2 is 1.79 bits per heavy atom. The van der Waals surface area contributed by atoms with Crippen LogP contribution in [0.5, 0.6) is 0 Å². The van der Waals surface area contributed by atoms with E-state index < -0.39 is 0 Å². The molecular formula is C16H20N2O. The maximum Gasteiger partial charge on any atom is 0.246 e. The van der Waals surface area contributed by atoms with Gasteiger partial charge in [-0.25, -0.2) is 0 Å². The minimum atomic E-state index is 0.147. The molecule has 3 nitrogen and oxygen atoms in total. The van der Waals surface area contributed by atoms with Crippen molar-refractivity contribution < 1.29 is 4.79 Å². The summed E-state index contributed by atoms with van der Waals surface area (Å²) in [5.74, 6) is 0.147. The van der Waals surface area contributed by atoms with Crippen molar-refractivity contribution in [2.45, 2.75) is 24.9 Å².